The lowest BCUT2D eigenvalue weighted by atomic mass is 9.99. The number of Topliss-reactive ketones (excluding diaryl/α,β-unsaturated/α-hetero) is 1. The summed E-state index contributed by atoms with van der Waals surface area (Å²) in [6, 6.07) is 5.38. The van der Waals surface area contributed by atoms with Gasteiger partial charge in [0.2, 0.25) is 0 Å². The molecule has 0 aromatic heterocycles. The van der Waals surface area contributed by atoms with Gasteiger partial charge in [-0.1, -0.05) is 12.2 Å². The third kappa shape index (κ3) is 2.02. The molecule has 1 aromatic carbocycles. The zero-order chi connectivity index (χ0) is 10.7. The van der Waals surface area contributed by atoms with Crippen LogP contribution in [-0.4, -0.2) is 12.9 Å². The van der Waals surface area contributed by atoms with E-state index in [2.05, 4.69) is 6.58 Å². The van der Waals surface area contributed by atoms with Crippen LogP contribution in [0, 0.1) is 0 Å². The van der Waals surface area contributed by atoms with Gasteiger partial charge in [0.25, 0.3) is 0 Å². The quantitative estimate of drug-likeness (QED) is 0.685. The van der Waals surface area contributed by atoms with Crippen LogP contribution in [0.25, 0.3) is 5.57 Å². The lowest BCUT2D eigenvalue weighted by Crippen LogP contribution is -1.98. The molecule has 14 heavy (non-hydrogen) atoms. The van der Waals surface area contributed by atoms with Crippen molar-refractivity contribution in [2.45, 2.75) is 13.8 Å². The van der Waals surface area contributed by atoms with Crippen LogP contribution in [0.4, 0.5) is 0 Å². The molecule has 0 aliphatic rings. The summed E-state index contributed by atoms with van der Waals surface area (Å²) in [7, 11) is 1.60. The summed E-state index contributed by atoms with van der Waals surface area (Å²) in [4.78, 5) is 11.3. The third-order valence-electron chi connectivity index (χ3n) is 2.07. The van der Waals surface area contributed by atoms with E-state index in [9.17, 15) is 4.79 Å². The molecule has 0 saturated heterocycles. The van der Waals surface area contributed by atoms with E-state index < -0.39 is 0 Å². The van der Waals surface area contributed by atoms with Crippen LogP contribution in [0.5, 0.6) is 5.75 Å². The number of carbonyl (C=O) groups excluding carboxylic acids is 1. The number of carbonyl (C=O) groups is 1. The van der Waals surface area contributed by atoms with Crippen molar-refractivity contribution in [1.82, 2.24) is 0 Å². The van der Waals surface area contributed by atoms with Crippen molar-refractivity contribution < 1.29 is 9.53 Å². The number of ketones is 1. The van der Waals surface area contributed by atoms with Crippen LogP contribution in [0.3, 0.4) is 0 Å². The van der Waals surface area contributed by atoms with Crippen molar-refractivity contribution in [2.24, 2.45) is 0 Å². The Hall–Kier alpha value is -1.57. The Morgan fingerprint density at radius 3 is 2.36 bits per heavy atom. The number of rotatable bonds is 3. The molecule has 2 heteroatoms. The van der Waals surface area contributed by atoms with Crippen LogP contribution >= 0.6 is 0 Å². The van der Waals surface area contributed by atoms with E-state index >= 15 is 0 Å². The van der Waals surface area contributed by atoms with Crippen molar-refractivity contribution in [3.8, 4) is 5.75 Å². The first kappa shape index (κ1) is 10.5. The summed E-state index contributed by atoms with van der Waals surface area (Å²) in [5, 5.41) is 0. The highest BCUT2D eigenvalue weighted by Crippen LogP contribution is 2.23. The summed E-state index contributed by atoms with van der Waals surface area (Å²) < 4.78 is 5.09. The largest absolute Gasteiger partial charge is 0.497 e. The summed E-state index contributed by atoms with van der Waals surface area (Å²) in [5.74, 6) is 0.790. The molecule has 0 N–H and O–H groups in total. The molecule has 74 valence electrons. The molecule has 0 aliphatic carbocycles. The van der Waals surface area contributed by atoms with Crippen molar-refractivity contribution in [1.29, 1.82) is 0 Å². The normalized spacial score (nSPS) is 9.64. The van der Waals surface area contributed by atoms with Crippen LogP contribution in [0.2, 0.25) is 0 Å². The molecule has 0 heterocycles. The maximum Gasteiger partial charge on any atom is 0.160 e. The summed E-state index contributed by atoms with van der Waals surface area (Å²) >= 11 is 0. The number of methoxy groups -OCH3 is 1. The molecule has 0 spiro atoms. The second-order valence-electron chi connectivity index (χ2n) is 3.25. The summed E-state index contributed by atoms with van der Waals surface area (Å²) in [6.07, 6.45) is 0. The molecule has 0 saturated carbocycles. The first-order valence-electron chi connectivity index (χ1n) is 4.41. The predicted octanol–water partition coefficient (Wildman–Crippen LogP) is 2.93. The Balaban J connectivity index is 3.31. The minimum atomic E-state index is 0.0469. The zero-order valence-corrected chi connectivity index (χ0v) is 8.76. The van der Waals surface area contributed by atoms with Gasteiger partial charge >= 0.3 is 0 Å². The van der Waals surface area contributed by atoms with Gasteiger partial charge in [-0.15, -0.1) is 0 Å². The third-order valence-corrected chi connectivity index (χ3v) is 2.07. The molecule has 0 atom stereocenters. The van der Waals surface area contributed by atoms with Gasteiger partial charge in [-0.05, 0) is 37.6 Å². The average molecular weight is 190 g/mol. The van der Waals surface area contributed by atoms with Crippen molar-refractivity contribution >= 4 is 11.4 Å². The number of hydrogen-bond donors (Lipinski definition) is 0. The van der Waals surface area contributed by atoms with Crippen molar-refractivity contribution in [2.75, 3.05) is 7.11 Å². The molecular formula is C12H14O2. The fraction of sp³-hybridized carbons (Fsp3) is 0.250. The number of benzene rings is 1. The lowest BCUT2D eigenvalue weighted by molar-refractivity contribution is 0.101. The second-order valence-corrected chi connectivity index (χ2v) is 3.25. The maximum absolute atomic E-state index is 11.3. The summed E-state index contributed by atoms with van der Waals surface area (Å²) in [5.41, 5.74) is 2.42. The van der Waals surface area contributed by atoms with Gasteiger partial charge in [-0.2, -0.15) is 0 Å². The molecule has 0 amide bonds. The minimum Gasteiger partial charge on any atom is -0.497 e. The van der Waals surface area contributed by atoms with Gasteiger partial charge in [-0.3, -0.25) is 4.79 Å². The topological polar surface area (TPSA) is 26.3 Å². The van der Waals surface area contributed by atoms with Crippen LogP contribution in [0.1, 0.15) is 29.8 Å². The SMILES string of the molecule is C=C(C)c1cc(OC)ccc1C(C)=O. The van der Waals surface area contributed by atoms with Crippen molar-refractivity contribution in [3.63, 3.8) is 0 Å². The first-order valence-corrected chi connectivity index (χ1v) is 4.41. The number of allylic oxidation sites excluding steroid dienone is 1. The van der Waals surface area contributed by atoms with Gasteiger partial charge in [0, 0.05) is 5.56 Å². The Labute approximate surface area is 84.2 Å². The van der Waals surface area contributed by atoms with Gasteiger partial charge in [0.05, 0.1) is 7.11 Å². The van der Waals surface area contributed by atoms with E-state index in [-0.39, 0.29) is 5.78 Å². The molecule has 2 nitrogen and oxygen atoms in total. The monoisotopic (exact) mass is 190 g/mol. The molecule has 0 bridgehead atoms. The van der Waals surface area contributed by atoms with E-state index in [1.54, 1.807) is 26.2 Å². The molecular weight excluding hydrogens is 176 g/mol. The van der Waals surface area contributed by atoms with E-state index in [0.29, 0.717) is 5.56 Å². The Morgan fingerprint density at radius 1 is 1.29 bits per heavy atom. The molecule has 1 aromatic rings. The molecule has 0 radical (unpaired) electrons. The van der Waals surface area contributed by atoms with Crippen molar-refractivity contribution in [3.05, 3.63) is 35.9 Å². The van der Waals surface area contributed by atoms with Gasteiger partial charge in [0.15, 0.2) is 5.78 Å². The fourth-order valence-electron chi connectivity index (χ4n) is 1.31. The van der Waals surface area contributed by atoms with E-state index in [1.165, 1.54) is 0 Å². The molecule has 0 fully saturated rings. The fourth-order valence-corrected chi connectivity index (χ4v) is 1.31. The maximum atomic E-state index is 11.3. The highest BCUT2D eigenvalue weighted by Gasteiger charge is 2.08. The number of ether oxygens (including phenoxy) is 1. The van der Waals surface area contributed by atoms with E-state index in [1.807, 2.05) is 13.0 Å². The van der Waals surface area contributed by atoms with Gasteiger partial charge < -0.3 is 4.74 Å². The second kappa shape index (κ2) is 4.09. The van der Waals surface area contributed by atoms with Crippen LogP contribution < -0.4 is 4.74 Å². The standard InChI is InChI=1S/C12H14O2/c1-8(2)12-7-10(14-4)5-6-11(12)9(3)13/h5-7H,1H2,2-4H3. The number of hydrogen-bond acceptors (Lipinski definition) is 2. The Bertz CT molecular complexity index is 378. The zero-order valence-electron chi connectivity index (χ0n) is 8.76. The Morgan fingerprint density at radius 2 is 1.93 bits per heavy atom. The lowest BCUT2D eigenvalue weighted by Gasteiger charge is -2.08. The minimum absolute atomic E-state index is 0.0469. The van der Waals surface area contributed by atoms with Gasteiger partial charge in [0.1, 0.15) is 5.75 Å². The van der Waals surface area contributed by atoms with E-state index in [0.717, 1.165) is 16.9 Å². The van der Waals surface area contributed by atoms with E-state index in [4.69, 9.17) is 4.74 Å². The Kier molecular flexibility index (Phi) is 3.07. The van der Waals surface area contributed by atoms with Crippen LogP contribution in [0.15, 0.2) is 24.8 Å². The predicted molar refractivity (Wildman–Crippen MR) is 57.7 cm³/mol. The molecule has 1 rings (SSSR count). The average Bonchev–Trinajstić information content (AvgIpc) is 2.16. The molecule has 0 unspecified atom stereocenters. The van der Waals surface area contributed by atoms with Gasteiger partial charge in [-0.25, -0.2) is 0 Å². The first-order chi connectivity index (χ1) is 6.56. The highest BCUT2D eigenvalue weighted by molar-refractivity contribution is 5.99. The molecule has 0 aliphatic heterocycles. The smallest absolute Gasteiger partial charge is 0.160 e. The summed E-state index contributed by atoms with van der Waals surface area (Å²) in [6.45, 7) is 7.26. The van der Waals surface area contributed by atoms with Crippen LogP contribution in [-0.2, 0) is 0 Å². The highest BCUT2D eigenvalue weighted by atomic mass is 16.5.